The quantitative estimate of drug-likeness (QED) is 0.686. The molecular formula is C18H19N3O5. The first-order chi connectivity index (χ1) is 12.6. The number of nitrogens with zero attached hydrogens (tertiary/aromatic N) is 1. The molecule has 2 N–H and O–H groups in total. The zero-order valence-corrected chi connectivity index (χ0v) is 14.3. The Balaban J connectivity index is 1.69. The van der Waals surface area contributed by atoms with E-state index in [2.05, 4.69) is 22.1 Å². The topological polar surface area (TPSA) is 102 Å². The smallest absolute Gasteiger partial charge is 0.328 e. The van der Waals surface area contributed by atoms with Crippen LogP contribution >= 0.6 is 0 Å². The third kappa shape index (κ3) is 5.87. The van der Waals surface area contributed by atoms with Crippen molar-refractivity contribution in [2.45, 2.75) is 13.0 Å². The molecule has 8 heteroatoms. The van der Waals surface area contributed by atoms with E-state index in [0.29, 0.717) is 11.5 Å². The van der Waals surface area contributed by atoms with E-state index in [9.17, 15) is 14.4 Å². The van der Waals surface area contributed by atoms with Crippen LogP contribution in [0.2, 0.25) is 0 Å². The summed E-state index contributed by atoms with van der Waals surface area (Å²) in [4.78, 5) is 36.3. The molecule has 0 atom stereocenters. The van der Waals surface area contributed by atoms with E-state index in [4.69, 9.17) is 9.47 Å². The zero-order valence-electron chi connectivity index (χ0n) is 14.3. The lowest BCUT2D eigenvalue weighted by atomic mass is 10.3. The van der Waals surface area contributed by atoms with E-state index in [1.165, 1.54) is 16.8 Å². The first kappa shape index (κ1) is 18.9. The average Bonchev–Trinajstić information content (AvgIpc) is 2.64. The van der Waals surface area contributed by atoms with Crippen LogP contribution in [0.4, 0.5) is 0 Å². The van der Waals surface area contributed by atoms with Crippen molar-refractivity contribution >= 4 is 5.91 Å². The molecular weight excluding hydrogens is 338 g/mol. The highest BCUT2D eigenvalue weighted by atomic mass is 16.5. The van der Waals surface area contributed by atoms with Gasteiger partial charge in [0.25, 0.3) is 5.56 Å². The molecule has 0 bridgehead atoms. The Morgan fingerprint density at radius 1 is 1.19 bits per heavy atom. The van der Waals surface area contributed by atoms with Crippen LogP contribution in [0.1, 0.15) is 6.42 Å². The number of amides is 1. The van der Waals surface area contributed by atoms with Crippen molar-refractivity contribution in [1.29, 1.82) is 0 Å². The molecule has 2 aromatic rings. The predicted octanol–water partition coefficient (Wildman–Crippen LogP) is 0.134. The highest BCUT2D eigenvalue weighted by Crippen LogP contribution is 2.25. The molecule has 0 aliphatic rings. The fraction of sp³-hybridized carbons (Fsp3) is 0.278. The Bertz CT molecular complexity index is 920. The van der Waals surface area contributed by atoms with E-state index < -0.39 is 11.2 Å². The van der Waals surface area contributed by atoms with Gasteiger partial charge in [-0.05, 0) is 12.1 Å². The zero-order chi connectivity index (χ0) is 18.8. The number of para-hydroxylation sites is 2. The van der Waals surface area contributed by atoms with Crippen molar-refractivity contribution in [1.82, 2.24) is 14.9 Å². The van der Waals surface area contributed by atoms with Crippen molar-refractivity contribution in [3.05, 3.63) is 57.4 Å². The van der Waals surface area contributed by atoms with Crippen molar-refractivity contribution in [2.75, 3.05) is 20.3 Å². The van der Waals surface area contributed by atoms with Crippen molar-refractivity contribution < 1.29 is 14.3 Å². The van der Waals surface area contributed by atoms with Gasteiger partial charge in [-0.1, -0.05) is 24.0 Å². The summed E-state index contributed by atoms with van der Waals surface area (Å²) in [5.74, 6) is 6.54. The van der Waals surface area contributed by atoms with Crippen LogP contribution < -0.4 is 26.0 Å². The Morgan fingerprint density at radius 2 is 1.96 bits per heavy atom. The number of H-pyrrole nitrogens is 1. The van der Waals surface area contributed by atoms with Gasteiger partial charge in [0.2, 0.25) is 5.91 Å². The minimum absolute atomic E-state index is 0.103. The van der Waals surface area contributed by atoms with Gasteiger partial charge in [0.05, 0.1) is 13.7 Å². The number of methoxy groups -OCH3 is 1. The molecule has 26 heavy (non-hydrogen) atoms. The predicted molar refractivity (Wildman–Crippen MR) is 95.2 cm³/mol. The molecule has 1 aromatic carbocycles. The first-order valence-corrected chi connectivity index (χ1v) is 7.88. The Kier molecular flexibility index (Phi) is 7.06. The number of carbonyl (C=O) groups is 1. The maximum Gasteiger partial charge on any atom is 0.328 e. The minimum atomic E-state index is -0.543. The molecule has 0 unspecified atom stereocenters. The van der Waals surface area contributed by atoms with Gasteiger partial charge < -0.3 is 19.4 Å². The number of ether oxygens (including phenoxy) is 2. The molecule has 0 radical (unpaired) electrons. The lowest BCUT2D eigenvalue weighted by molar-refractivity contribution is -0.121. The average molecular weight is 357 g/mol. The molecule has 1 amide bonds. The summed E-state index contributed by atoms with van der Waals surface area (Å²) in [7, 11) is 1.56. The number of carbonyl (C=O) groups excluding carboxylic acids is 1. The number of nitrogens with one attached hydrogen (secondary N) is 2. The van der Waals surface area contributed by atoms with Gasteiger partial charge in [-0.25, -0.2) is 4.79 Å². The third-order valence-corrected chi connectivity index (χ3v) is 3.34. The minimum Gasteiger partial charge on any atom is -0.493 e. The Labute approximate surface area is 149 Å². The second-order valence-electron chi connectivity index (χ2n) is 5.12. The van der Waals surface area contributed by atoms with Crippen LogP contribution in [0, 0.1) is 11.8 Å². The van der Waals surface area contributed by atoms with E-state index >= 15 is 0 Å². The largest absolute Gasteiger partial charge is 0.493 e. The maximum absolute atomic E-state index is 11.7. The first-order valence-electron chi connectivity index (χ1n) is 7.88. The van der Waals surface area contributed by atoms with Crippen LogP contribution in [-0.2, 0) is 11.3 Å². The number of aryl methyl sites for hydroxylation is 1. The molecule has 0 aliphatic heterocycles. The van der Waals surface area contributed by atoms with E-state index in [-0.39, 0.29) is 32.0 Å². The van der Waals surface area contributed by atoms with E-state index in [0.717, 1.165) is 0 Å². The molecule has 136 valence electrons. The molecule has 2 rings (SSSR count). The molecule has 0 fully saturated rings. The second-order valence-corrected chi connectivity index (χ2v) is 5.12. The molecule has 0 aliphatic carbocycles. The van der Waals surface area contributed by atoms with Crippen LogP contribution in [-0.4, -0.2) is 35.7 Å². The lowest BCUT2D eigenvalue weighted by Crippen LogP contribution is -2.31. The number of rotatable bonds is 7. The third-order valence-electron chi connectivity index (χ3n) is 3.34. The highest BCUT2D eigenvalue weighted by molar-refractivity contribution is 5.76. The monoisotopic (exact) mass is 357 g/mol. The number of hydrogen-bond acceptors (Lipinski definition) is 5. The van der Waals surface area contributed by atoms with Crippen LogP contribution in [0.25, 0.3) is 0 Å². The van der Waals surface area contributed by atoms with E-state index in [1.807, 2.05) is 12.1 Å². The molecule has 0 saturated carbocycles. The van der Waals surface area contributed by atoms with Gasteiger partial charge in [-0.15, -0.1) is 0 Å². The van der Waals surface area contributed by atoms with Crippen molar-refractivity contribution in [3.8, 4) is 23.3 Å². The van der Waals surface area contributed by atoms with Gasteiger partial charge in [-0.3, -0.25) is 14.6 Å². The number of hydrogen-bond donors (Lipinski definition) is 2. The molecule has 1 heterocycles. The van der Waals surface area contributed by atoms with Gasteiger partial charge in [0.15, 0.2) is 11.5 Å². The van der Waals surface area contributed by atoms with Gasteiger partial charge in [0, 0.05) is 25.2 Å². The van der Waals surface area contributed by atoms with Gasteiger partial charge in [0.1, 0.15) is 6.61 Å². The fourth-order valence-electron chi connectivity index (χ4n) is 2.04. The van der Waals surface area contributed by atoms with Crippen LogP contribution in [0.3, 0.4) is 0 Å². The summed E-state index contributed by atoms with van der Waals surface area (Å²) < 4.78 is 11.9. The van der Waals surface area contributed by atoms with Crippen molar-refractivity contribution in [3.63, 3.8) is 0 Å². The summed E-state index contributed by atoms with van der Waals surface area (Å²) in [6.07, 6.45) is 1.45. The van der Waals surface area contributed by atoms with Crippen molar-refractivity contribution in [2.24, 2.45) is 0 Å². The summed E-state index contributed by atoms with van der Waals surface area (Å²) in [5, 5.41) is 2.62. The van der Waals surface area contributed by atoms with Gasteiger partial charge in [-0.2, -0.15) is 0 Å². The maximum atomic E-state index is 11.7. The number of aromatic nitrogens is 2. The summed E-state index contributed by atoms with van der Waals surface area (Å²) in [6.45, 7) is 0.517. The van der Waals surface area contributed by atoms with Gasteiger partial charge >= 0.3 is 5.69 Å². The van der Waals surface area contributed by atoms with Crippen LogP contribution in [0.15, 0.2) is 46.1 Å². The lowest BCUT2D eigenvalue weighted by Gasteiger charge is -2.07. The normalized spacial score (nSPS) is 9.73. The summed E-state index contributed by atoms with van der Waals surface area (Å²) in [5.41, 5.74) is -1.01. The number of benzene rings is 1. The highest BCUT2D eigenvalue weighted by Gasteiger charge is 2.02. The molecule has 1 aromatic heterocycles. The molecule has 0 spiro atoms. The summed E-state index contributed by atoms with van der Waals surface area (Å²) in [6, 6.07) is 8.47. The summed E-state index contributed by atoms with van der Waals surface area (Å²) >= 11 is 0. The molecule has 8 nitrogen and oxygen atoms in total. The van der Waals surface area contributed by atoms with Crippen LogP contribution in [0.5, 0.6) is 11.5 Å². The van der Waals surface area contributed by atoms with E-state index in [1.54, 1.807) is 19.2 Å². The Morgan fingerprint density at radius 3 is 2.69 bits per heavy atom. The second kappa shape index (κ2) is 9.74. The standard InChI is InChI=1S/C18H19N3O5/c1-25-14-6-2-3-7-15(14)26-13-5-4-10-19-16(22)8-11-21-12-9-17(23)20-18(21)24/h2-3,6-7,9,12H,8,10-11,13H2,1H3,(H,19,22)(H,20,23,24). The fourth-order valence-corrected chi connectivity index (χ4v) is 2.04. The number of aromatic amines is 1. The molecule has 0 saturated heterocycles. The Hall–Kier alpha value is -3.47. The SMILES string of the molecule is COc1ccccc1OCC#CCNC(=O)CCn1ccc(=O)[nH]c1=O.